The summed E-state index contributed by atoms with van der Waals surface area (Å²) < 4.78 is 0. The van der Waals surface area contributed by atoms with Crippen molar-refractivity contribution in [2.24, 2.45) is 5.92 Å². The zero-order valence-corrected chi connectivity index (χ0v) is 10.1. The van der Waals surface area contributed by atoms with Gasteiger partial charge in [0.25, 0.3) is 0 Å². The highest BCUT2D eigenvalue weighted by Crippen LogP contribution is 2.27. The first-order valence-electron chi connectivity index (χ1n) is 5.81. The molecule has 2 unspecified atom stereocenters. The van der Waals surface area contributed by atoms with Crippen molar-refractivity contribution in [3.05, 3.63) is 22.4 Å². The Labute approximate surface area is 96.1 Å². The van der Waals surface area contributed by atoms with Crippen LogP contribution in [0.3, 0.4) is 0 Å². The standard InChI is InChI=1S/C12H20N2S/c1-13-11(12-5-3-7-15-12)8-10-4-2-6-14-9-10/h3,5,7,10-11,13-14H,2,4,6,8-9H2,1H3. The van der Waals surface area contributed by atoms with Crippen molar-refractivity contribution >= 4 is 11.3 Å². The Morgan fingerprint density at radius 2 is 2.60 bits per heavy atom. The number of hydrogen-bond donors (Lipinski definition) is 2. The van der Waals surface area contributed by atoms with Crippen molar-refractivity contribution in [2.45, 2.75) is 25.3 Å². The van der Waals surface area contributed by atoms with Gasteiger partial charge in [-0.1, -0.05) is 6.07 Å². The van der Waals surface area contributed by atoms with Crippen molar-refractivity contribution in [1.29, 1.82) is 0 Å². The second-order valence-electron chi connectivity index (χ2n) is 4.30. The quantitative estimate of drug-likeness (QED) is 0.820. The van der Waals surface area contributed by atoms with E-state index in [9.17, 15) is 0 Å². The van der Waals surface area contributed by atoms with E-state index in [1.807, 2.05) is 11.3 Å². The van der Waals surface area contributed by atoms with Crippen LogP contribution in [0.4, 0.5) is 0 Å². The van der Waals surface area contributed by atoms with Crippen molar-refractivity contribution in [2.75, 3.05) is 20.1 Å². The van der Waals surface area contributed by atoms with E-state index in [1.54, 1.807) is 0 Å². The molecule has 2 heterocycles. The molecule has 84 valence electrons. The van der Waals surface area contributed by atoms with Gasteiger partial charge in [-0.3, -0.25) is 0 Å². The molecule has 1 aromatic rings. The third kappa shape index (κ3) is 3.03. The number of rotatable bonds is 4. The van der Waals surface area contributed by atoms with Gasteiger partial charge in [-0.2, -0.15) is 0 Å². The summed E-state index contributed by atoms with van der Waals surface area (Å²) in [7, 11) is 2.07. The number of nitrogens with one attached hydrogen (secondary N) is 2. The third-order valence-electron chi connectivity index (χ3n) is 3.20. The lowest BCUT2D eigenvalue weighted by Crippen LogP contribution is -2.32. The highest BCUT2D eigenvalue weighted by Gasteiger charge is 2.19. The summed E-state index contributed by atoms with van der Waals surface area (Å²) in [6, 6.07) is 4.93. The molecule has 1 aromatic heterocycles. The van der Waals surface area contributed by atoms with Gasteiger partial charge in [-0.15, -0.1) is 11.3 Å². The van der Waals surface area contributed by atoms with E-state index in [-0.39, 0.29) is 0 Å². The smallest absolute Gasteiger partial charge is 0.0415 e. The molecule has 1 aliphatic heterocycles. The van der Waals surface area contributed by atoms with Crippen LogP contribution in [0.15, 0.2) is 17.5 Å². The third-order valence-corrected chi connectivity index (χ3v) is 4.19. The molecular weight excluding hydrogens is 204 g/mol. The molecule has 0 saturated carbocycles. The molecular formula is C12H20N2S. The maximum absolute atomic E-state index is 3.49. The van der Waals surface area contributed by atoms with Crippen LogP contribution in [0.2, 0.25) is 0 Å². The lowest BCUT2D eigenvalue weighted by atomic mass is 9.92. The predicted molar refractivity (Wildman–Crippen MR) is 66.3 cm³/mol. The second kappa shape index (κ2) is 5.64. The fourth-order valence-corrected chi connectivity index (χ4v) is 3.17. The molecule has 0 amide bonds. The summed E-state index contributed by atoms with van der Waals surface area (Å²) in [6.07, 6.45) is 3.99. The van der Waals surface area contributed by atoms with E-state index in [0.29, 0.717) is 6.04 Å². The number of hydrogen-bond acceptors (Lipinski definition) is 3. The fourth-order valence-electron chi connectivity index (χ4n) is 2.32. The molecule has 1 saturated heterocycles. The Hall–Kier alpha value is -0.380. The van der Waals surface area contributed by atoms with Gasteiger partial charge in [-0.25, -0.2) is 0 Å². The van der Waals surface area contributed by atoms with Crippen LogP contribution >= 0.6 is 11.3 Å². The Morgan fingerprint density at radius 1 is 1.67 bits per heavy atom. The number of piperidine rings is 1. The summed E-state index contributed by atoms with van der Waals surface area (Å²) in [5.74, 6) is 0.846. The van der Waals surface area contributed by atoms with Crippen LogP contribution in [0.25, 0.3) is 0 Å². The summed E-state index contributed by atoms with van der Waals surface area (Å²) in [6.45, 7) is 2.41. The zero-order valence-electron chi connectivity index (χ0n) is 9.33. The fraction of sp³-hybridized carbons (Fsp3) is 0.667. The molecule has 0 aliphatic carbocycles. The summed E-state index contributed by atoms with van der Waals surface area (Å²) in [4.78, 5) is 1.48. The summed E-state index contributed by atoms with van der Waals surface area (Å²) >= 11 is 1.86. The van der Waals surface area contributed by atoms with E-state index in [0.717, 1.165) is 5.92 Å². The highest BCUT2D eigenvalue weighted by molar-refractivity contribution is 7.10. The van der Waals surface area contributed by atoms with Gasteiger partial charge in [0.05, 0.1) is 0 Å². The molecule has 0 bridgehead atoms. The first-order chi connectivity index (χ1) is 7.40. The van der Waals surface area contributed by atoms with Crippen molar-refractivity contribution in [3.8, 4) is 0 Å². The lowest BCUT2D eigenvalue weighted by Gasteiger charge is -2.26. The maximum atomic E-state index is 3.49. The van der Waals surface area contributed by atoms with Crippen LogP contribution < -0.4 is 10.6 Å². The largest absolute Gasteiger partial charge is 0.316 e. The molecule has 0 radical (unpaired) electrons. The molecule has 1 fully saturated rings. The molecule has 3 heteroatoms. The van der Waals surface area contributed by atoms with E-state index in [1.165, 1.54) is 37.2 Å². The van der Waals surface area contributed by atoms with E-state index >= 15 is 0 Å². The lowest BCUT2D eigenvalue weighted by molar-refractivity contribution is 0.323. The van der Waals surface area contributed by atoms with Gasteiger partial charge in [0.15, 0.2) is 0 Å². The molecule has 2 rings (SSSR count). The predicted octanol–water partition coefficient (Wildman–Crippen LogP) is 2.40. The molecule has 2 N–H and O–H groups in total. The van der Waals surface area contributed by atoms with E-state index < -0.39 is 0 Å². The van der Waals surface area contributed by atoms with Crippen LogP contribution in [0.1, 0.15) is 30.2 Å². The van der Waals surface area contributed by atoms with Crippen molar-refractivity contribution in [3.63, 3.8) is 0 Å². The van der Waals surface area contributed by atoms with Crippen LogP contribution in [-0.4, -0.2) is 20.1 Å². The van der Waals surface area contributed by atoms with E-state index in [4.69, 9.17) is 0 Å². The van der Waals surface area contributed by atoms with Gasteiger partial charge in [0.1, 0.15) is 0 Å². The first kappa shape index (κ1) is 11.1. The molecule has 1 aliphatic rings. The van der Waals surface area contributed by atoms with Crippen LogP contribution in [0.5, 0.6) is 0 Å². The van der Waals surface area contributed by atoms with E-state index in [2.05, 4.69) is 35.2 Å². The zero-order chi connectivity index (χ0) is 10.5. The average Bonchev–Trinajstić information content (AvgIpc) is 2.81. The molecule has 2 atom stereocenters. The van der Waals surface area contributed by atoms with Crippen molar-refractivity contribution < 1.29 is 0 Å². The van der Waals surface area contributed by atoms with Gasteiger partial charge in [0.2, 0.25) is 0 Å². The van der Waals surface area contributed by atoms with Crippen molar-refractivity contribution in [1.82, 2.24) is 10.6 Å². The second-order valence-corrected chi connectivity index (χ2v) is 5.28. The summed E-state index contributed by atoms with van der Waals surface area (Å²) in [5.41, 5.74) is 0. The SMILES string of the molecule is CNC(CC1CCCNC1)c1cccs1. The Kier molecular flexibility index (Phi) is 4.18. The van der Waals surface area contributed by atoms with Crippen LogP contribution in [-0.2, 0) is 0 Å². The molecule has 0 aromatic carbocycles. The topological polar surface area (TPSA) is 24.1 Å². The average molecular weight is 224 g/mol. The minimum absolute atomic E-state index is 0.551. The molecule has 2 nitrogen and oxygen atoms in total. The Balaban J connectivity index is 1.90. The van der Waals surface area contributed by atoms with Crippen LogP contribution in [0, 0.1) is 5.92 Å². The Morgan fingerprint density at radius 3 is 3.20 bits per heavy atom. The highest BCUT2D eigenvalue weighted by atomic mass is 32.1. The number of thiophene rings is 1. The monoisotopic (exact) mass is 224 g/mol. The molecule has 15 heavy (non-hydrogen) atoms. The molecule has 0 spiro atoms. The summed E-state index contributed by atoms with van der Waals surface area (Å²) in [5, 5.41) is 9.09. The minimum atomic E-state index is 0.551. The van der Waals surface area contributed by atoms with Gasteiger partial charge < -0.3 is 10.6 Å². The van der Waals surface area contributed by atoms with Gasteiger partial charge in [0, 0.05) is 10.9 Å². The Bertz CT molecular complexity index is 265. The van der Waals surface area contributed by atoms with Gasteiger partial charge >= 0.3 is 0 Å². The first-order valence-corrected chi connectivity index (χ1v) is 6.69. The maximum Gasteiger partial charge on any atom is 0.0415 e. The normalized spacial score (nSPS) is 23.9. The minimum Gasteiger partial charge on any atom is -0.316 e. The van der Waals surface area contributed by atoms with Gasteiger partial charge in [-0.05, 0) is 56.8 Å².